The van der Waals surface area contributed by atoms with Gasteiger partial charge in [-0.05, 0) is 62.4 Å². The molecule has 3 aliphatic heterocycles. The highest BCUT2D eigenvalue weighted by atomic mass is 32.1. The highest BCUT2D eigenvalue weighted by molar-refractivity contribution is 7.10. The molecule has 1 unspecified atom stereocenters. The highest BCUT2D eigenvalue weighted by Crippen LogP contribution is 2.35. The van der Waals surface area contributed by atoms with Gasteiger partial charge in [0.1, 0.15) is 11.5 Å². The van der Waals surface area contributed by atoms with Gasteiger partial charge in [0.05, 0.1) is 18.8 Å². The first-order valence-electron chi connectivity index (χ1n) is 11.2. The van der Waals surface area contributed by atoms with E-state index in [-0.39, 0.29) is 17.9 Å². The van der Waals surface area contributed by atoms with Gasteiger partial charge in [0.15, 0.2) is 0 Å². The van der Waals surface area contributed by atoms with Crippen LogP contribution in [-0.2, 0) is 9.59 Å². The van der Waals surface area contributed by atoms with E-state index < -0.39 is 0 Å². The third-order valence-electron chi connectivity index (χ3n) is 6.56. The molecule has 31 heavy (non-hydrogen) atoms. The van der Waals surface area contributed by atoms with Gasteiger partial charge in [-0.2, -0.15) is 5.10 Å². The van der Waals surface area contributed by atoms with E-state index in [4.69, 9.17) is 4.42 Å². The maximum Gasteiger partial charge on any atom is 0.257 e. The van der Waals surface area contributed by atoms with Gasteiger partial charge in [-0.25, -0.2) is 5.01 Å². The second-order valence-corrected chi connectivity index (χ2v) is 9.56. The van der Waals surface area contributed by atoms with E-state index in [1.54, 1.807) is 22.6 Å². The molecule has 2 amide bonds. The number of hydrogen-bond acceptors (Lipinski definition) is 6. The number of hydrazone groups is 1. The Labute approximate surface area is 186 Å². The summed E-state index contributed by atoms with van der Waals surface area (Å²) in [6.07, 6.45) is 6.21. The molecule has 0 saturated carbocycles. The lowest BCUT2D eigenvalue weighted by Gasteiger charge is -2.33. The lowest BCUT2D eigenvalue weighted by Crippen LogP contribution is -2.45. The molecular weight excluding hydrogens is 412 g/mol. The van der Waals surface area contributed by atoms with Crippen molar-refractivity contribution >= 4 is 28.9 Å². The number of amides is 2. The van der Waals surface area contributed by atoms with E-state index in [9.17, 15) is 9.59 Å². The summed E-state index contributed by atoms with van der Waals surface area (Å²) in [4.78, 5) is 31.2. The van der Waals surface area contributed by atoms with E-state index in [0.717, 1.165) is 68.2 Å². The summed E-state index contributed by atoms with van der Waals surface area (Å²) in [6.45, 7) is 3.71. The van der Waals surface area contributed by atoms with Gasteiger partial charge in [0.25, 0.3) is 5.91 Å². The summed E-state index contributed by atoms with van der Waals surface area (Å²) >= 11 is 1.65. The number of likely N-dealkylation sites (tertiary alicyclic amines) is 2. The third-order valence-corrected chi connectivity index (χ3v) is 7.53. The van der Waals surface area contributed by atoms with Gasteiger partial charge in [-0.15, -0.1) is 11.3 Å². The van der Waals surface area contributed by atoms with E-state index in [1.807, 2.05) is 28.5 Å². The van der Waals surface area contributed by atoms with Crippen LogP contribution in [0, 0.1) is 5.92 Å². The van der Waals surface area contributed by atoms with E-state index >= 15 is 0 Å². The van der Waals surface area contributed by atoms with Crippen LogP contribution in [0.3, 0.4) is 0 Å². The Morgan fingerprint density at radius 1 is 1.10 bits per heavy atom. The molecule has 8 heteroatoms. The monoisotopic (exact) mass is 440 g/mol. The van der Waals surface area contributed by atoms with Gasteiger partial charge in [-0.3, -0.25) is 14.5 Å². The van der Waals surface area contributed by atoms with Crippen LogP contribution < -0.4 is 0 Å². The average molecular weight is 441 g/mol. The molecule has 1 atom stereocenters. The molecule has 0 aliphatic carbocycles. The second kappa shape index (κ2) is 8.96. The number of thiophene rings is 1. The lowest BCUT2D eigenvalue weighted by atomic mass is 9.95. The van der Waals surface area contributed by atoms with Gasteiger partial charge in [-0.1, -0.05) is 6.07 Å². The Hall–Kier alpha value is -2.45. The minimum atomic E-state index is -0.0816. The Morgan fingerprint density at radius 2 is 1.90 bits per heavy atom. The van der Waals surface area contributed by atoms with Crippen molar-refractivity contribution in [3.8, 4) is 0 Å². The van der Waals surface area contributed by atoms with Crippen LogP contribution in [0.15, 0.2) is 45.4 Å². The van der Waals surface area contributed by atoms with Crippen molar-refractivity contribution in [3.63, 3.8) is 0 Å². The fraction of sp³-hybridized carbons (Fsp3) is 0.522. The quantitative estimate of drug-likeness (QED) is 0.715. The third kappa shape index (κ3) is 4.32. The summed E-state index contributed by atoms with van der Waals surface area (Å²) in [5.41, 5.74) is 0.812. The topological polar surface area (TPSA) is 69.4 Å². The largest absolute Gasteiger partial charge is 0.463 e. The SMILES string of the molecule is O=C(C1CCN(CC(=O)N2N=C(c3ccco3)CC2c2cccs2)CC1)N1CCCC1. The highest BCUT2D eigenvalue weighted by Gasteiger charge is 2.36. The molecule has 0 spiro atoms. The molecule has 5 rings (SSSR count). The van der Waals surface area contributed by atoms with Crippen molar-refractivity contribution in [1.82, 2.24) is 14.8 Å². The number of rotatable bonds is 5. The van der Waals surface area contributed by atoms with Gasteiger partial charge < -0.3 is 9.32 Å². The Morgan fingerprint density at radius 3 is 2.58 bits per heavy atom. The first-order chi connectivity index (χ1) is 15.2. The van der Waals surface area contributed by atoms with Crippen LogP contribution in [0.2, 0.25) is 0 Å². The van der Waals surface area contributed by atoms with Crippen LogP contribution in [0.1, 0.15) is 48.8 Å². The zero-order valence-corrected chi connectivity index (χ0v) is 18.4. The predicted molar refractivity (Wildman–Crippen MR) is 119 cm³/mol. The zero-order valence-electron chi connectivity index (χ0n) is 17.6. The molecule has 0 radical (unpaired) electrons. The van der Waals surface area contributed by atoms with E-state index in [0.29, 0.717) is 18.9 Å². The normalized spacial score (nSPS) is 22.8. The zero-order chi connectivity index (χ0) is 21.2. The summed E-state index contributed by atoms with van der Waals surface area (Å²) in [5.74, 6) is 1.15. The molecular formula is C23H28N4O3S. The molecule has 2 aromatic heterocycles. The number of furan rings is 1. The minimum absolute atomic E-state index is 0.00396. The first-order valence-corrected chi connectivity index (χ1v) is 12.0. The molecule has 7 nitrogen and oxygen atoms in total. The van der Waals surface area contributed by atoms with Crippen LogP contribution in [-0.4, -0.2) is 65.1 Å². The van der Waals surface area contributed by atoms with Crippen molar-refractivity contribution in [2.75, 3.05) is 32.7 Å². The van der Waals surface area contributed by atoms with Gasteiger partial charge in [0, 0.05) is 30.3 Å². The standard InChI is InChI=1S/C23H28N4O3S/c28-22(16-25-11-7-17(8-12-25)23(29)26-9-1-2-10-26)27-19(21-6-4-14-31-21)15-18(24-27)20-5-3-13-30-20/h3-6,13-14,17,19H,1-2,7-12,15-16H2. The molecule has 164 valence electrons. The van der Waals surface area contributed by atoms with Crippen LogP contribution in [0.4, 0.5) is 0 Å². The number of piperidine rings is 1. The fourth-order valence-electron chi connectivity index (χ4n) is 4.83. The van der Waals surface area contributed by atoms with Crippen molar-refractivity contribution in [2.24, 2.45) is 11.0 Å². The predicted octanol–water partition coefficient (Wildman–Crippen LogP) is 3.35. The van der Waals surface area contributed by atoms with Gasteiger partial charge in [0.2, 0.25) is 5.91 Å². The maximum absolute atomic E-state index is 13.2. The molecule has 0 N–H and O–H groups in total. The Bertz CT molecular complexity index is 926. The van der Waals surface area contributed by atoms with Crippen molar-refractivity contribution in [1.29, 1.82) is 0 Å². The molecule has 2 fully saturated rings. The van der Waals surface area contributed by atoms with Crippen LogP contribution in [0.5, 0.6) is 0 Å². The summed E-state index contributed by atoms with van der Waals surface area (Å²) in [5, 5.41) is 8.33. The summed E-state index contributed by atoms with van der Waals surface area (Å²) in [7, 11) is 0. The Balaban J connectivity index is 1.22. The smallest absolute Gasteiger partial charge is 0.257 e. The van der Waals surface area contributed by atoms with Crippen molar-refractivity contribution in [2.45, 2.75) is 38.1 Å². The Kier molecular flexibility index (Phi) is 5.91. The van der Waals surface area contributed by atoms with Crippen LogP contribution >= 0.6 is 11.3 Å². The minimum Gasteiger partial charge on any atom is -0.463 e. The van der Waals surface area contributed by atoms with E-state index in [1.165, 1.54) is 0 Å². The molecule has 2 aromatic rings. The number of nitrogens with zero attached hydrogens (tertiary/aromatic N) is 4. The number of carbonyl (C=O) groups is 2. The summed E-state index contributed by atoms with van der Waals surface area (Å²) < 4.78 is 5.53. The molecule has 0 aromatic carbocycles. The number of carbonyl (C=O) groups excluding carboxylic acids is 2. The molecule has 0 bridgehead atoms. The second-order valence-electron chi connectivity index (χ2n) is 8.58. The fourth-order valence-corrected chi connectivity index (χ4v) is 5.64. The van der Waals surface area contributed by atoms with E-state index in [2.05, 4.69) is 16.1 Å². The maximum atomic E-state index is 13.2. The molecule has 2 saturated heterocycles. The lowest BCUT2D eigenvalue weighted by molar-refractivity contribution is -0.137. The molecule has 5 heterocycles. The van der Waals surface area contributed by atoms with Crippen LogP contribution in [0.25, 0.3) is 0 Å². The van der Waals surface area contributed by atoms with Crippen molar-refractivity contribution < 1.29 is 14.0 Å². The molecule has 3 aliphatic rings. The average Bonchev–Trinajstić information content (AvgIpc) is 3.58. The van der Waals surface area contributed by atoms with Gasteiger partial charge >= 0.3 is 0 Å². The first kappa shape index (κ1) is 20.5. The number of hydrogen-bond donors (Lipinski definition) is 0. The van der Waals surface area contributed by atoms with Crippen molar-refractivity contribution in [3.05, 3.63) is 46.5 Å². The summed E-state index contributed by atoms with van der Waals surface area (Å²) in [6, 6.07) is 7.72.